The number of thiazole rings is 1. The molecule has 1 aliphatic heterocycles. The predicted molar refractivity (Wildman–Crippen MR) is 149 cm³/mol. The molecule has 0 saturated heterocycles. The number of ether oxygens (including phenoxy) is 2. The summed E-state index contributed by atoms with van der Waals surface area (Å²) in [6, 6.07) is 9.86. The highest BCUT2D eigenvalue weighted by molar-refractivity contribution is 7.89. The second-order valence-electron chi connectivity index (χ2n) is 8.99. The lowest BCUT2D eigenvalue weighted by Crippen LogP contribution is -2.33. The molecular formula is C25H33ClN4O5S2. The summed E-state index contributed by atoms with van der Waals surface area (Å²) >= 11 is 1.41. The summed E-state index contributed by atoms with van der Waals surface area (Å²) in [5.41, 5.74) is 1.14. The summed E-state index contributed by atoms with van der Waals surface area (Å²) in [6.45, 7) is 3.95. The maximum Gasteiger partial charge on any atom is 0.260 e. The van der Waals surface area contributed by atoms with Crippen molar-refractivity contribution in [3.8, 4) is 11.5 Å². The van der Waals surface area contributed by atoms with Gasteiger partial charge in [-0.05, 0) is 57.7 Å². The number of carbonyl (C=O) groups is 1. The summed E-state index contributed by atoms with van der Waals surface area (Å²) in [5.74, 6) is 1.09. The third-order valence-corrected chi connectivity index (χ3v) is 8.88. The number of anilines is 1. The molecule has 0 unspecified atom stereocenters. The largest absolute Gasteiger partial charge is 0.454 e. The van der Waals surface area contributed by atoms with Crippen molar-refractivity contribution in [2.24, 2.45) is 0 Å². The normalized spacial score (nSPS) is 12.8. The summed E-state index contributed by atoms with van der Waals surface area (Å²) in [7, 11) is 1.95. The molecule has 1 aromatic heterocycles. The summed E-state index contributed by atoms with van der Waals surface area (Å²) in [5, 5.41) is 0.577. The molecule has 0 radical (unpaired) electrons. The molecule has 2 aromatic carbocycles. The van der Waals surface area contributed by atoms with Gasteiger partial charge in [0.25, 0.3) is 5.91 Å². The second-order valence-corrected chi connectivity index (χ2v) is 12.0. The maximum atomic E-state index is 13.6. The average molecular weight is 569 g/mol. The second kappa shape index (κ2) is 12.4. The van der Waals surface area contributed by atoms with Crippen molar-refractivity contribution in [3.05, 3.63) is 42.0 Å². The van der Waals surface area contributed by atoms with E-state index in [4.69, 9.17) is 14.5 Å². The monoisotopic (exact) mass is 568 g/mol. The zero-order chi connectivity index (χ0) is 25.9. The number of aromatic nitrogens is 1. The Balaban J connectivity index is 0.00000380. The van der Waals surface area contributed by atoms with E-state index < -0.39 is 10.0 Å². The number of amides is 1. The topological polar surface area (TPSA) is 92.3 Å². The Morgan fingerprint density at radius 1 is 1.00 bits per heavy atom. The van der Waals surface area contributed by atoms with Crippen molar-refractivity contribution in [3.63, 3.8) is 0 Å². The fraction of sp³-hybridized carbons (Fsp3) is 0.440. The van der Waals surface area contributed by atoms with Crippen LogP contribution in [0.3, 0.4) is 0 Å². The Bertz CT molecular complexity index is 1290. The van der Waals surface area contributed by atoms with Crippen LogP contribution in [0.4, 0.5) is 5.13 Å². The summed E-state index contributed by atoms with van der Waals surface area (Å²) < 4.78 is 38.9. The summed E-state index contributed by atoms with van der Waals surface area (Å²) in [6.07, 6.45) is 2.45. The van der Waals surface area contributed by atoms with Crippen molar-refractivity contribution in [2.45, 2.75) is 31.1 Å². The van der Waals surface area contributed by atoms with Crippen LogP contribution in [0.5, 0.6) is 11.5 Å². The molecule has 0 saturated carbocycles. The minimum atomic E-state index is -3.60. The molecule has 1 amide bonds. The molecule has 202 valence electrons. The maximum absolute atomic E-state index is 13.6. The van der Waals surface area contributed by atoms with Gasteiger partial charge in [-0.1, -0.05) is 24.7 Å². The van der Waals surface area contributed by atoms with Crippen LogP contribution < -0.4 is 14.4 Å². The first-order valence-electron chi connectivity index (χ1n) is 11.9. The lowest BCUT2D eigenvalue weighted by Gasteiger charge is -2.21. The van der Waals surface area contributed by atoms with Gasteiger partial charge in [0.1, 0.15) is 0 Å². The van der Waals surface area contributed by atoms with Gasteiger partial charge in [-0.15, -0.1) is 12.4 Å². The van der Waals surface area contributed by atoms with Crippen molar-refractivity contribution in [1.82, 2.24) is 14.2 Å². The third-order valence-electron chi connectivity index (χ3n) is 5.97. The van der Waals surface area contributed by atoms with E-state index in [1.807, 2.05) is 33.2 Å². The molecular weight excluding hydrogens is 536 g/mol. The van der Waals surface area contributed by atoms with E-state index in [1.165, 1.54) is 27.8 Å². The van der Waals surface area contributed by atoms with Gasteiger partial charge in [0.15, 0.2) is 16.6 Å². The molecule has 12 heteroatoms. The van der Waals surface area contributed by atoms with E-state index >= 15 is 0 Å². The number of hydrogen-bond acceptors (Lipinski definition) is 8. The molecule has 0 spiro atoms. The van der Waals surface area contributed by atoms with Crippen LogP contribution in [0, 0.1) is 0 Å². The molecule has 9 nitrogen and oxygen atoms in total. The Kier molecular flexibility index (Phi) is 9.76. The zero-order valence-electron chi connectivity index (χ0n) is 21.5. The standard InChI is InChI=1S/C25H32N4O5S2.ClH/c1-5-6-13-28(4)36(31,32)19-10-8-18(9-11-19)24(30)29(14-7-12-27(2)3)25-26-20-15-21-22(34-17-33-21)16-23(20)35-25;/h8-11,15-16H,5-7,12-14,17H2,1-4H3;1H. The lowest BCUT2D eigenvalue weighted by atomic mass is 10.2. The van der Waals surface area contributed by atoms with Gasteiger partial charge in [-0.25, -0.2) is 17.7 Å². The number of nitrogens with zero attached hydrogens (tertiary/aromatic N) is 4. The van der Waals surface area contributed by atoms with E-state index in [2.05, 4.69) is 4.90 Å². The number of halogens is 1. The number of benzene rings is 2. The van der Waals surface area contributed by atoms with Gasteiger partial charge in [0.05, 0.1) is 15.1 Å². The Morgan fingerprint density at radius 3 is 2.32 bits per heavy atom. The molecule has 37 heavy (non-hydrogen) atoms. The lowest BCUT2D eigenvalue weighted by molar-refractivity contribution is 0.0986. The Labute approximate surface area is 228 Å². The predicted octanol–water partition coefficient (Wildman–Crippen LogP) is 4.47. The van der Waals surface area contributed by atoms with E-state index in [0.717, 1.165) is 36.0 Å². The van der Waals surface area contributed by atoms with Crippen LogP contribution in [0.1, 0.15) is 36.5 Å². The van der Waals surface area contributed by atoms with Gasteiger partial charge in [-0.2, -0.15) is 0 Å². The Morgan fingerprint density at radius 2 is 1.68 bits per heavy atom. The van der Waals surface area contributed by atoms with Crippen LogP contribution >= 0.6 is 23.7 Å². The number of rotatable bonds is 11. The molecule has 0 bridgehead atoms. The van der Waals surface area contributed by atoms with E-state index in [9.17, 15) is 13.2 Å². The third kappa shape index (κ3) is 6.53. The van der Waals surface area contributed by atoms with Gasteiger partial charge in [-0.3, -0.25) is 9.69 Å². The van der Waals surface area contributed by atoms with Gasteiger partial charge in [0.2, 0.25) is 16.8 Å². The van der Waals surface area contributed by atoms with Crippen molar-refractivity contribution in [2.75, 3.05) is 52.5 Å². The molecule has 4 rings (SSSR count). The molecule has 1 aliphatic rings. The number of unbranched alkanes of at least 4 members (excludes halogenated alkanes) is 1. The van der Waals surface area contributed by atoms with Crippen LogP contribution in [-0.4, -0.2) is 76.1 Å². The van der Waals surface area contributed by atoms with E-state index in [1.54, 1.807) is 24.1 Å². The van der Waals surface area contributed by atoms with Gasteiger partial charge in [0, 0.05) is 37.8 Å². The Hall–Kier alpha value is -2.44. The number of fused-ring (bicyclic) bond motifs is 2. The van der Waals surface area contributed by atoms with Crippen molar-refractivity contribution in [1.29, 1.82) is 0 Å². The highest BCUT2D eigenvalue weighted by Gasteiger charge is 2.25. The minimum absolute atomic E-state index is 0. The van der Waals surface area contributed by atoms with Gasteiger partial charge >= 0.3 is 0 Å². The summed E-state index contributed by atoms with van der Waals surface area (Å²) in [4.78, 5) is 22.2. The van der Waals surface area contributed by atoms with Crippen LogP contribution in [0.2, 0.25) is 0 Å². The first kappa shape index (κ1) is 29.1. The fourth-order valence-electron chi connectivity index (χ4n) is 3.86. The molecule has 0 atom stereocenters. The van der Waals surface area contributed by atoms with Crippen molar-refractivity contribution < 1.29 is 22.7 Å². The highest BCUT2D eigenvalue weighted by atomic mass is 35.5. The molecule has 0 aliphatic carbocycles. The first-order chi connectivity index (χ1) is 17.2. The van der Waals surface area contributed by atoms with Crippen LogP contribution in [0.15, 0.2) is 41.3 Å². The van der Waals surface area contributed by atoms with E-state index in [0.29, 0.717) is 35.3 Å². The van der Waals surface area contributed by atoms with Crippen molar-refractivity contribution >= 4 is 55.0 Å². The minimum Gasteiger partial charge on any atom is -0.454 e. The molecule has 0 fully saturated rings. The fourth-order valence-corrected chi connectivity index (χ4v) is 6.07. The number of hydrogen-bond donors (Lipinski definition) is 0. The first-order valence-corrected chi connectivity index (χ1v) is 14.2. The van der Waals surface area contributed by atoms with Crippen LogP contribution in [0.25, 0.3) is 10.2 Å². The smallest absolute Gasteiger partial charge is 0.260 e. The number of sulfonamides is 1. The average Bonchev–Trinajstić information content (AvgIpc) is 3.48. The van der Waals surface area contributed by atoms with Crippen LogP contribution in [-0.2, 0) is 10.0 Å². The highest BCUT2D eigenvalue weighted by Crippen LogP contribution is 2.40. The van der Waals surface area contributed by atoms with Gasteiger partial charge < -0.3 is 14.4 Å². The molecule has 3 aromatic rings. The zero-order valence-corrected chi connectivity index (χ0v) is 23.9. The quantitative estimate of drug-likeness (QED) is 0.337. The van der Waals surface area contributed by atoms with E-state index in [-0.39, 0.29) is 30.0 Å². The SMILES string of the molecule is CCCCN(C)S(=O)(=O)c1ccc(C(=O)N(CCCN(C)C)c2nc3cc4c(cc3s2)OCO4)cc1.Cl. The number of carbonyl (C=O) groups excluding carboxylic acids is 1. The molecule has 2 heterocycles. The molecule has 0 N–H and O–H groups in total.